The van der Waals surface area contributed by atoms with Crippen molar-refractivity contribution in [1.82, 2.24) is 9.97 Å². The van der Waals surface area contributed by atoms with Gasteiger partial charge in [0, 0.05) is 11.6 Å². The molecule has 0 fully saturated rings. The molecule has 2 heterocycles. The molecule has 0 aliphatic heterocycles. The van der Waals surface area contributed by atoms with Gasteiger partial charge in [-0.2, -0.15) is 8.42 Å². The van der Waals surface area contributed by atoms with Gasteiger partial charge in [-0.25, -0.2) is 9.97 Å². The molecular formula is C10H10N2O3S. The average Bonchev–Trinajstić information content (AvgIpc) is 2.25. The number of aromatic nitrogens is 2. The molecule has 0 aliphatic rings. The first-order valence-electron chi connectivity index (χ1n) is 4.60. The summed E-state index contributed by atoms with van der Waals surface area (Å²) in [7, 11) is -3.44. The van der Waals surface area contributed by atoms with E-state index in [-0.39, 0.29) is 6.61 Å². The molecule has 5 nitrogen and oxygen atoms in total. The Morgan fingerprint density at radius 3 is 2.88 bits per heavy atom. The van der Waals surface area contributed by atoms with Crippen LogP contribution >= 0.6 is 0 Å². The van der Waals surface area contributed by atoms with Crippen molar-refractivity contribution in [2.45, 2.75) is 6.61 Å². The molecule has 2 aromatic rings. The molecule has 84 valence electrons. The van der Waals surface area contributed by atoms with Crippen molar-refractivity contribution in [3.05, 3.63) is 36.2 Å². The van der Waals surface area contributed by atoms with Gasteiger partial charge in [0.25, 0.3) is 10.1 Å². The van der Waals surface area contributed by atoms with Crippen molar-refractivity contribution in [3.63, 3.8) is 0 Å². The fraction of sp³-hybridized carbons (Fsp3) is 0.200. The van der Waals surface area contributed by atoms with Crippen molar-refractivity contribution in [3.8, 4) is 0 Å². The van der Waals surface area contributed by atoms with Crippen molar-refractivity contribution >= 4 is 21.2 Å². The summed E-state index contributed by atoms with van der Waals surface area (Å²) in [5.74, 6) is 0. The van der Waals surface area contributed by atoms with Crippen LogP contribution < -0.4 is 0 Å². The number of rotatable bonds is 3. The predicted octanol–water partition coefficient (Wildman–Crippen LogP) is 1.11. The maximum atomic E-state index is 10.8. The SMILES string of the molecule is CS(=O)(=O)OCc1ccc2cccnc2n1. The first kappa shape index (κ1) is 11.0. The van der Waals surface area contributed by atoms with Crippen LogP contribution in [0.25, 0.3) is 11.0 Å². The van der Waals surface area contributed by atoms with Crippen LogP contribution in [0.1, 0.15) is 5.69 Å². The molecule has 0 aliphatic carbocycles. The van der Waals surface area contributed by atoms with Crippen molar-refractivity contribution in [1.29, 1.82) is 0 Å². The van der Waals surface area contributed by atoms with E-state index in [1.165, 1.54) is 0 Å². The van der Waals surface area contributed by atoms with Gasteiger partial charge >= 0.3 is 0 Å². The normalized spacial score (nSPS) is 11.8. The predicted molar refractivity (Wildman–Crippen MR) is 59.2 cm³/mol. The molecule has 0 aromatic carbocycles. The quantitative estimate of drug-likeness (QED) is 0.749. The highest BCUT2D eigenvalue weighted by Gasteiger charge is 2.04. The van der Waals surface area contributed by atoms with Gasteiger partial charge in [-0.3, -0.25) is 4.18 Å². The highest BCUT2D eigenvalue weighted by Crippen LogP contribution is 2.10. The van der Waals surface area contributed by atoms with Gasteiger partial charge in [0.05, 0.1) is 11.9 Å². The van der Waals surface area contributed by atoms with E-state index in [9.17, 15) is 8.42 Å². The molecule has 0 unspecified atom stereocenters. The molecule has 0 saturated heterocycles. The third-order valence-electron chi connectivity index (χ3n) is 1.94. The molecule has 0 bridgehead atoms. The molecule has 0 radical (unpaired) electrons. The minimum absolute atomic E-state index is 0.0641. The maximum absolute atomic E-state index is 10.8. The van der Waals surface area contributed by atoms with Crippen LogP contribution in [0.15, 0.2) is 30.5 Å². The van der Waals surface area contributed by atoms with E-state index in [4.69, 9.17) is 0 Å². The Labute approximate surface area is 93.2 Å². The second-order valence-electron chi connectivity index (χ2n) is 3.32. The summed E-state index contributed by atoms with van der Waals surface area (Å²) in [5, 5.41) is 0.908. The topological polar surface area (TPSA) is 69.2 Å². The van der Waals surface area contributed by atoms with Crippen molar-refractivity contribution in [2.24, 2.45) is 0 Å². The van der Waals surface area contributed by atoms with Crippen LogP contribution in [0.5, 0.6) is 0 Å². The second kappa shape index (κ2) is 4.15. The largest absolute Gasteiger partial charge is 0.264 e. The Balaban J connectivity index is 2.26. The third kappa shape index (κ3) is 2.74. The van der Waals surface area contributed by atoms with E-state index in [2.05, 4.69) is 14.2 Å². The lowest BCUT2D eigenvalue weighted by Gasteiger charge is -2.02. The first-order valence-corrected chi connectivity index (χ1v) is 6.41. The highest BCUT2D eigenvalue weighted by atomic mass is 32.2. The van der Waals surface area contributed by atoms with Gasteiger partial charge in [-0.15, -0.1) is 0 Å². The Kier molecular flexibility index (Phi) is 2.84. The smallest absolute Gasteiger partial charge is 0.264 e. The summed E-state index contributed by atoms with van der Waals surface area (Å²) in [5.41, 5.74) is 1.12. The number of pyridine rings is 2. The lowest BCUT2D eigenvalue weighted by Crippen LogP contribution is -2.04. The fourth-order valence-electron chi connectivity index (χ4n) is 1.24. The zero-order valence-electron chi connectivity index (χ0n) is 8.62. The molecule has 0 N–H and O–H groups in total. The summed E-state index contributed by atoms with van der Waals surface area (Å²) in [6.07, 6.45) is 2.64. The lowest BCUT2D eigenvalue weighted by molar-refractivity contribution is 0.307. The van der Waals surface area contributed by atoms with Crippen LogP contribution in [-0.2, 0) is 20.9 Å². The van der Waals surface area contributed by atoms with E-state index in [1.54, 1.807) is 12.3 Å². The average molecular weight is 238 g/mol. The minimum atomic E-state index is -3.44. The van der Waals surface area contributed by atoms with E-state index in [0.717, 1.165) is 11.6 Å². The molecule has 0 amide bonds. The van der Waals surface area contributed by atoms with Crippen LogP contribution in [0, 0.1) is 0 Å². The number of hydrogen-bond acceptors (Lipinski definition) is 5. The number of hydrogen-bond donors (Lipinski definition) is 0. The molecule has 2 aromatic heterocycles. The monoisotopic (exact) mass is 238 g/mol. The molecule has 16 heavy (non-hydrogen) atoms. The van der Waals surface area contributed by atoms with Gasteiger partial charge in [-0.05, 0) is 24.3 Å². The molecule has 2 rings (SSSR count). The van der Waals surface area contributed by atoms with Gasteiger partial charge in [-0.1, -0.05) is 0 Å². The standard InChI is InChI=1S/C10H10N2O3S/c1-16(13,14)15-7-9-5-4-8-3-2-6-11-10(8)12-9/h2-6H,7H2,1H3. The van der Waals surface area contributed by atoms with Crippen molar-refractivity contribution < 1.29 is 12.6 Å². The second-order valence-corrected chi connectivity index (χ2v) is 4.96. The van der Waals surface area contributed by atoms with E-state index in [0.29, 0.717) is 11.3 Å². The fourth-order valence-corrected chi connectivity index (χ4v) is 1.57. The van der Waals surface area contributed by atoms with E-state index in [1.807, 2.05) is 18.2 Å². The summed E-state index contributed by atoms with van der Waals surface area (Å²) in [6, 6.07) is 7.25. The Morgan fingerprint density at radius 1 is 1.31 bits per heavy atom. The van der Waals surface area contributed by atoms with Crippen LogP contribution in [0.2, 0.25) is 0 Å². The lowest BCUT2D eigenvalue weighted by atomic mass is 10.2. The zero-order valence-corrected chi connectivity index (χ0v) is 9.44. The number of nitrogens with zero attached hydrogens (tertiary/aromatic N) is 2. The van der Waals surface area contributed by atoms with Gasteiger partial charge in [0.1, 0.15) is 6.61 Å². The van der Waals surface area contributed by atoms with Gasteiger partial charge in [0.15, 0.2) is 5.65 Å². The van der Waals surface area contributed by atoms with Crippen LogP contribution in [0.4, 0.5) is 0 Å². The van der Waals surface area contributed by atoms with Crippen LogP contribution in [-0.4, -0.2) is 24.6 Å². The molecule has 0 spiro atoms. The molecule has 6 heteroatoms. The summed E-state index contributed by atoms with van der Waals surface area (Å²) < 4.78 is 26.3. The maximum Gasteiger partial charge on any atom is 0.264 e. The van der Waals surface area contributed by atoms with Crippen molar-refractivity contribution in [2.75, 3.05) is 6.26 Å². The molecule has 0 saturated carbocycles. The minimum Gasteiger partial charge on any atom is -0.264 e. The summed E-state index contributed by atoms with van der Waals surface area (Å²) in [6.45, 7) is -0.0641. The van der Waals surface area contributed by atoms with E-state index < -0.39 is 10.1 Å². The summed E-state index contributed by atoms with van der Waals surface area (Å²) >= 11 is 0. The summed E-state index contributed by atoms with van der Waals surface area (Å²) in [4.78, 5) is 8.25. The first-order chi connectivity index (χ1) is 7.54. The van der Waals surface area contributed by atoms with Gasteiger partial charge in [0.2, 0.25) is 0 Å². The Hall–Kier alpha value is -1.53. The Bertz CT molecular complexity index is 610. The zero-order chi connectivity index (χ0) is 11.6. The molecular weight excluding hydrogens is 228 g/mol. The highest BCUT2D eigenvalue weighted by molar-refractivity contribution is 7.85. The van der Waals surface area contributed by atoms with E-state index >= 15 is 0 Å². The number of fused-ring (bicyclic) bond motifs is 1. The third-order valence-corrected chi connectivity index (χ3v) is 2.49. The molecule has 0 atom stereocenters. The Morgan fingerprint density at radius 2 is 2.12 bits per heavy atom. The van der Waals surface area contributed by atoms with Gasteiger partial charge < -0.3 is 0 Å². The van der Waals surface area contributed by atoms with Crippen LogP contribution in [0.3, 0.4) is 0 Å².